The molecule has 0 amide bonds. The Morgan fingerprint density at radius 2 is 1.76 bits per heavy atom. The average Bonchev–Trinajstić information content (AvgIpc) is 2.46. The van der Waals surface area contributed by atoms with E-state index in [9.17, 15) is 18.0 Å². The molecule has 0 N–H and O–H groups in total. The van der Waals surface area contributed by atoms with Crippen LogP contribution in [0.4, 0.5) is 13.2 Å². The molecule has 0 aliphatic carbocycles. The Morgan fingerprint density at radius 1 is 1.05 bits per heavy atom. The number of hydrogen-bond donors (Lipinski definition) is 0. The zero-order chi connectivity index (χ0) is 15.6. The molecule has 0 spiro atoms. The summed E-state index contributed by atoms with van der Waals surface area (Å²) in [6, 6.07) is 6.50. The van der Waals surface area contributed by atoms with Gasteiger partial charge < -0.3 is 4.74 Å². The van der Waals surface area contributed by atoms with Crippen LogP contribution >= 0.6 is 0 Å². The maximum atomic E-state index is 13.7. The summed E-state index contributed by atoms with van der Waals surface area (Å²) in [5, 5.41) is 0. The summed E-state index contributed by atoms with van der Waals surface area (Å²) < 4.78 is 45.3. The number of carbonyl (C=O) groups excluding carboxylic acids is 1. The van der Waals surface area contributed by atoms with Crippen LogP contribution in [-0.4, -0.2) is 12.4 Å². The van der Waals surface area contributed by atoms with Gasteiger partial charge in [-0.25, -0.2) is 13.2 Å². The van der Waals surface area contributed by atoms with E-state index < -0.39 is 28.8 Å². The minimum atomic E-state index is -1.66. The van der Waals surface area contributed by atoms with E-state index >= 15 is 0 Å². The molecule has 5 heteroatoms. The molecule has 2 aromatic rings. The highest BCUT2D eigenvalue weighted by molar-refractivity contribution is 6.11. The van der Waals surface area contributed by atoms with Crippen LogP contribution in [0.1, 0.15) is 28.4 Å². The summed E-state index contributed by atoms with van der Waals surface area (Å²) >= 11 is 0. The second-order valence-electron chi connectivity index (χ2n) is 4.48. The third-order valence-electron chi connectivity index (χ3n) is 2.96. The van der Waals surface area contributed by atoms with Gasteiger partial charge in [0.1, 0.15) is 5.75 Å². The molecular formula is C16H13F3O2. The summed E-state index contributed by atoms with van der Waals surface area (Å²) in [5.41, 5.74) is 0.354. The fraction of sp³-hybridized carbons (Fsp3) is 0.188. The third kappa shape index (κ3) is 2.91. The average molecular weight is 294 g/mol. The minimum Gasteiger partial charge on any atom is -0.493 e. The molecule has 0 saturated heterocycles. The first-order valence-corrected chi connectivity index (χ1v) is 6.37. The van der Waals surface area contributed by atoms with Gasteiger partial charge in [-0.2, -0.15) is 0 Å². The lowest BCUT2D eigenvalue weighted by atomic mass is 10.00. The molecule has 0 saturated carbocycles. The van der Waals surface area contributed by atoms with E-state index in [1.807, 2.05) is 0 Å². The SMILES string of the molecule is CCOc1ccc(C)cc1C(=O)c1ccc(F)c(F)c1F. The molecule has 0 radical (unpaired) electrons. The number of hydrogen-bond acceptors (Lipinski definition) is 2. The monoisotopic (exact) mass is 294 g/mol. The molecule has 0 aliphatic rings. The molecule has 0 unspecified atom stereocenters. The van der Waals surface area contributed by atoms with E-state index in [0.29, 0.717) is 6.61 Å². The van der Waals surface area contributed by atoms with E-state index in [4.69, 9.17) is 4.74 Å². The van der Waals surface area contributed by atoms with Crippen molar-refractivity contribution >= 4 is 5.78 Å². The van der Waals surface area contributed by atoms with Crippen molar-refractivity contribution in [2.24, 2.45) is 0 Å². The van der Waals surface area contributed by atoms with Crippen LogP contribution in [0, 0.1) is 24.4 Å². The van der Waals surface area contributed by atoms with E-state index in [0.717, 1.165) is 17.7 Å². The Morgan fingerprint density at radius 3 is 2.43 bits per heavy atom. The lowest BCUT2D eigenvalue weighted by Crippen LogP contribution is -2.09. The van der Waals surface area contributed by atoms with Crippen LogP contribution in [0.5, 0.6) is 5.75 Å². The van der Waals surface area contributed by atoms with Gasteiger partial charge in [0.2, 0.25) is 0 Å². The Hall–Kier alpha value is -2.30. The normalized spacial score (nSPS) is 10.5. The summed E-state index contributed by atoms with van der Waals surface area (Å²) in [6.45, 7) is 3.82. The molecular weight excluding hydrogens is 281 g/mol. The molecule has 0 bridgehead atoms. The van der Waals surface area contributed by atoms with Gasteiger partial charge in [-0.3, -0.25) is 4.79 Å². The molecule has 110 valence electrons. The fourth-order valence-electron chi connectivity index (χ4n) is 1.95. The molecule has 0 heterocycles. The lowest BCUT2D eigenvalue weighted by Gasteiger charge is -2.11. The number of halogens is 3. The van der Waals surface area contributed by atoms with Gasteiger partial charge >= 0.3 is 0 Å². The van der Waals surface area contributed by atoms with E-state index in [2.05, 4.69) is 0 Å². The Bertz CT molecular complexity index is 696. The van der Waals surface area contributed by atoms with Gasteiger partial charge in [-0.15, -0.1) is 0 Å². The maximum Gasteiger partial charge on any atom is 0.199 e. The largest absolute Gasteiger partial charge is 0.493 e. The first-order valence-electron chi connectivity index (χ1n) is 6.37. The third-order valence-corrected chi connectivity index (χ3v) is 2.96. The second kappa shape index (κ2) is 5.99. The summed E-state index contributed by atoms with van der Waals surface area (Å²) in [6.07, 6.45) is 0. The van der Waals surface area contributed by atoms with Crippen LogP contribution < -0.4 is 4.74 Å². The number of benzene rings is 2. The van der Waals surface area contributed by atoms with Crippen LogP contribution in [0.15, 0.2) is 30.3 Å². The van der Waals surface area contributed by atoms with Crippen LogP contribution in [-0.2, 0) is 0 Å². The quantitative estimate of drug-likeness (QED) is 0.628. The fourth-order valence-corrected chi connectivity index (χ4v) is 1.95. The highest BCUT2D eigenvalue weighted by Gasteiger charge is 2.22. The van der Waals surface area contributed by atoms with Crippen LogP contribution in [0.3, 0.4) is 0 Å². The van der Waals surface area contributed by atoms with Crippen molar-refractivity contribution < 1.29 is 22.7 Å². The van der Waals surface area contributed by atoms with Gasteiger partial charge in [-0.1, -0.05) is 11.6 Å². The summed E-state index contributed by atoms with van der Waals surface area (Å²) in [5.74, 6) is -4.97. The molecule has 21 heavy (non-hydrogen) atoms. The summed E-state index contributed by atoms with van der Waals surface area (Å²) in [4.78, 5) is 12.4. The smallest absolute Gasteiger partial charge is 0.199 e. The highest BCUT2D eigenvalue weighted by Crippen LogP contribution is 2.25. The van der Waals surface area contributed by atoms with Crippen molar-refractivity contribution in [2.45, 2.75) is 13.8 Å². The van der Waals surface area contributed by atoms with Crippen molar-refractivity contribution in [1.82, 2.24) is 0 Å². The highest BCUT2D eigenvalue weighted by atomic mass is 19.2. The zero-order valence-corrected chi connectivity index (χ0v) is 11.5. The molecule has 0 fully saturated rings. The van der Waals surface area contributed by atoms with Crippen LogP contribution in [0.2, 0.25) is 0 Å². The van der Waals surface area contributed by atoms with E-state index in [1.54, 1.807) is 26.0 Å². The number of ether oxygens (including phenoxy) is 1. The molecule has 0 atom stereocenters. The molecule has 2 rings (SSSR count). The number of rotatable bonds is 4. The minimum absolute atomic E-state index is 0.113. The van der Waals surface area contributed by atoms with Gasteiger partial charge in [-0.05, 0) is 38.1 Å². The Balaban J connectivity index is 2.54. The Kier molecular flexibility index (Phi) is 4.31. The zero-order valence-electron chi connectivity index (χ0n) is 11.5. The van der Waals surface area contributed by atoms with Gasteiger partial charge in [0.15, 0.2) is 23.2 Å². The van der Waals surface area contributed by atoms with Crippen molar-refractivity contribution in [1.29, 1.82) is 0 Å². The molecule has 0 aromatic heterocycles. The van der Waals surface area contributed by atoms with Crippen molar-refractivity contribution in [2.75, 3.05) is 6.61 Å². The molecule has 2 aromatic carbocycles. The molecule has 0 aliphatic heterocycles. The topological polar surface area (TPSA) is 26.3 Å². The first-order chi connectivity index (χ1) is 9.95. The Labute approximate surface area is 120 Å². The van der Waals surface area contributed by atoms with Crippen molar-refractivity contribution in [3.63, 3.8) is 0 Å². The van der Waals surface area contributed by atoms with E-state index in [1.165, 1.54) is 6.07 Å². The first kappa shape index (κ1) is 15.1. The van der Waals surface area contributed by atoms with Crippen molar-refractivity contribution in [3.05, 3.63) is 64.5 Å². The predicted octanol–water partition coefficient (Wildman–Crippen LogP) is 4.04. The van der Waals surface area contributed by atoms with Gasteiger partial charge in [0, 0.05) is 0 Å². The van der Waals surface area contributed by atoms with Gasteiger partial charge in [0.05, 0.1) is 17.7 Å². The standard InChI is InChI=1S/C16H13F3O2/c1-3-21-13-7-4-9(2)8-11(13)16(20)10-5-6-12(17)15(19)14(10)18/h4-8H,3H2,1-2H3. The predicted molar refractivity (Wildman–Crippen MR) is 72.1 cm³/mol. The molecule has 2 nitrogen and oxygen atoms in total. The second-order valence-corrected chi connectivity index (χ2v) is 4.48. The van der Waals surface area contributed by atoms with Crippen molar-refractivity contribution in [3.8, 4) is 5.75 Å². The maximum absolute atomic E-state index is 13.7. The van der Waals surface area contributed by atoms with Crippen LogP contribution in [0.25, 0.3) is 0 Å². The summed E-state index contributed by atoms with van der Waals surface area (Å²) in [7, 11) is 0. The number of carbonyl (C=O) groups is 1. The number of aryl methyl sites for hydroxylation is 1. The van der Waals surface area contributed by atoms with E-state index in [-0.39, 0.29) is 11.3 Å². The van der Waals surface area contributed by atoms with Gasteiger partial charge in [0.25, 0.3) is 0 Å². The lowest BCUT2D eigenvalue weighted by molar-refractivity contribution is 0.103. The number of ketones is 1.